The van der Waals surface area contributed by atoms with Gasteiger partial charge in [-0.05, 0) is 42.4 Å². The zero-order valence-corrected chi connectivity index (χ0v) is 13.8. The van der Waals surface area contributed by atoms with Crippen LogP contribution in [0, 0.1) is 5.41 Å². The lowest BCUT2D eigenvalue weighted by atomic mass is 9.75. The number of unbranched alkanes of at least 4 members (excludes halogenated alkanes) is 1. The zero-order valence-electron chi connectivity index (χ0n) is 13.8. The third kappa shape index (κ3) is 6.49. The van der Waals surface area contributed by atoms with Gasteiger partial charge in [-0.25, -0.2) is 0 Å². The number of phenolic OH excluding ortho intramolecular Hbond substituents is 1. The van der Waals surface area contributed by atoms with Gasteiger partial charge in [0.1, 0.15) is 5.75 Å². The van der Waals surface area contributed by atoms with E-state index in [1.807, 2.05) is 12.1 Å². The normalized spacial score (nSPS) is 14.0. The van der Waals surface area contributed by atoms with Crippen LogP contribution < -0.4 is 5.32 Å². The molecule has 0 heterocycles. The molecule has 0 radical (unpaired) electrons. The Bertz CT molecular complexity index is 377. The molecule has 0 aliphatic carbocycles. The summed E-state index contributed by atoms with van der Waals surface area (Å²) in [6.45, 7) is 7.22. The minimum absolute atomic E-state index is 0.292. The molecule has 21 heavy (non-hydrogen) atoms. The summed E-state index contributed by atoms with van der Waals surface area (Å²) in [6.07, 6.45) is 5.95. The summed E-state index contributed by atoms with van der Waals surface area (Å²) in [5.74, 6) is 0.340. The number of ether oxygens (including phenoxy) is 1. The Hall–Kier alpha value is -1.06. The highest BCUT2D eigenvalue weighted by Gasteiger charge is 2.27. The standard InChI is InChI=1S/C18H31NO2/c1-4-6-11-18(5-2,15-19-12-13-21-3)14-16-7-9-17(20)10-8-16/h7-10,19-20H,4-6,11-15H2,1-3H3. The summed E-state index contributed by atoms with van der Waals surface area (Å²) < 4.78 is 5.11. The molecule has 0 fully saturated rings. The average Bonchev–Trinajstić information content (AvgIpc) is 2.51. The van der Waals surface area contributed by atoms with E-state index in [-0.39, 0.29) is 0 Å². The van der Waals surface area contributed by atoms with Gasteiger partial charge in [0.25, 0.3) is 0 Å². The second kappa shape index (κ2) is 9.80. The summed E-state index contributed by atoms with van der Waals surface area (Å²) in [6, 6.07) is 7.66. The number of aromatic hydroxyl groups is 1. The van der Waals surface area contributed by atoms with Crippen LogP contribution in [0.1, 0.15) is 45.1 Å². The van der Waals surface area contributed by atoms with E-state index in [2.05, 4.69) is 19.2 Å². The molecular weight excluding hydrogens is 262 g/mol. The van der Waals surface area contributed by atoms with Gasteiger partial charge in [-0.2, -0.15) is 0 Å². The van der Waals surface area contributed by atoms with Crippen molar-refractivity contribution < 1.29 is 9.84 Å². The van der Waals surface area contributed by atoms with E-state index >= 15 is 0 Å². The predicted molar refractivity (Wildman–Crippen MR) is 88.8 cm³/mol. The van der Waals surface area contributed by atoms with E-state index in [0.29, 0.717) is 11.2 Å². The maximum Gasteiger partial charge on any atom is 0.115 e. The lowest BCUT2D eigenvalue weighted by Gasteiger charge is -2.34. The third-order valence-corrected chi connectivity index (χ3v) is 4.31. The molecule has 0 amide bonds. The van der Waals surface area contributed by atoms with Gasteiger partial charge in [-0.15, -0.1) is 0 Å². The van der Waals surface area contributed by atoms with Crippen LogP contribution in [0.15, 0.2) is 24.3 Å². The Morgan fingerprint density at radius 3 is 2.48 bits per heavy atom. The molecule has 0 spiro atoms. The Morgan fingerprint density at radius 1 is 1.19 bits per heavy atom. The van der Waals surface area contributed by atoms with Crippen molar-refractivity contribution in [1.82, 2.24) is 5.32 Å². The number of rotatable bonds is 11. The summed E-state index contributed by atoms with van der Waals surface area (Å²) in [7, 11) is 1.74. The Morgan fingerprint density at radius 2 is 1.90 bits per heavy atom. The van der Waals surface area contributed by atoms with E-state index in [9.17, 15) is 5.11 Å². The minimum Gasteiger partial charge on any atom is -0.508 e. The lowest BCUT2D eigenvalue weighted by molar-refractivity contribution is 0.182. The van der Waals surface area contributed by atoms with E-state index in [0.717, 1.165) is 32.5 Å². The molecule has 3 heteroatoms. The first-order valence-corrected chi connectivity index (χ1v) is 8.13. The molecule has 1 aromatic carbocycles. The molecule has 0 saturated heterocycles. The maximum atomic E-state index is 9.43. The smallest absolute Gasteiger partial charge is 0.115 e. The van der Waals surface area contributed by atoms with Gasteiger partial charge in [0.15, 0.2) is 0 Å². The van der Waals surface area contributed by atoms with Crippen molar-refractivity contribution in [2.45, 2.75) is 46.0 Å². The summed E-state index contributed by atoms with van der Waals surface area (Å²) in [5.41, 5.74) is 1.60. The molecule has 3 nitrogen and oxygen atoms in total. The highest BCUT2D eigenvalue weighted by Crippen LogP contribution is 2.33. The molecule has 2 N–H and O–H groups in total. The molecule has 1 atom stereocenters. The highest BCUT2D eigenvalue weighted by molar-refractivity contribution is 5.26. The van der Waals surface area contributed by atoms with E-state index in [1.54, 1.807) is 19.2 Å². The lowest BCUT2D eigenvalue weighted by Crippen LogP contribution is -2.37. The summed E-state index contributed by atoms with van der Waals surface area (Å²) in [4.78, 5) is 0. The molecule has 1 aromatic rings. The van der Waals surface area contributed by atoms with Crippen molar-refractivity contribution in [1.29, 1.82) is 0 Å². The predicted octanol–water partition coefficient (Wildman–Crippen LogP) is 3.76. The van der Waals surface area contributed by atoms with E-state index in [1.165, 1.54) is 24.8 Å². The third-order valence-electron chi connectivity index (χ3n) is 4.31. The van der Waals surface area contributed by atoms with Crippen molar-refractivity contribution in [3.63, 3.8) is 0 Å². The van der Waals surface area contributed by atoms with Gasteiger partial charge in [-0.3, -0.25) is 0 Å². The molecule has 0 aromatic heterocycles. The number of methoxy groups -OCH3 is 1. The fourth-order valence-corrected chi connectivity index (χ4v) is 2.79. The SMILES string of the molecule is CCCCC(CC)(CNCCOC)Cc1ccc(O)cc1. The Labute approximate surface area is 129 Å². The largest absolute Gasteiger partial charge is 0.508 e. The molecule has 1 unspecified atom stereocenters. The van der Waals surface area contributed by atoms with Gasteiger partial charge >= 0.3 is 0 Å². The first-order chi connectivity index (χ1) is 10.2. The Balaban J connectivity index is 2.70. The molecule has 1 rings (SSSR count). The van der Waals surface area contributed by atoms with Crippen LogP contribution in [-0.4, -0.2) is 31.9 Å². The second-order valence-electron chi connectivity index (χ2n) is 5.97. The van der Waals surface area contributed by atoms with E-state index in [4.69, 9.17) is 4.74 Å². The quantitative estimate of drug-likeness (QED) is 0.610. The minimum atomic E-state index is 0.292. The second-order valence-corrected chi connectivity index (χ2v) is 5.97. The van der Waals surface area contributed by atoms with Crippen LogP contribution in [0.4, 0.5) is 0 Å². The molecular formula is C18H31NO2. The zero-order chi connectivity index (χ0) is 15.6. The van der Waals surface area contributed by atoms with Crippen molar-refractivity contribution in [2.24, 2.45) is 5.41 Å². The number of nitrogens with one attached hydrogen (secondary N) is 1. The van der Waals surface area contributed by atoms with Crippen molar-refractivity contribution >= 4 is 0 Å². The average molecular weight is 293 g/mol. The first kappa shape index (κ1) is 18.0. The van der Waals surface area contributed by atoms with Gasteiger partial charge in [0.2, 0.25) is 0 Å². The fourth-order valence-electron chi connectivity index (χ4n) is 2.79. The molecule has 0 saturated carbocycles. The number of hydrogen-bond donors (Lipinski definition) is 2. The van der Waals surface area contributed by atoms with Crippen molar-refractivity contribution in [3.8, 4) is 5.75 Å². The number of hydrogen-bond acceptors (Lipinski definition) is 3. The summed E-state index contributed by atoms with van der Waals surface area (Å²) in [5, 5.41) is 13.0. The van der Waals surface area contributed by atoms with Crippen LogP contribution >= 0.6 is 0 Å². The molecule has 0 aliphatic rings. The van der Waals surface area contributed by atoms with E-state index < -0.39 is 0 Å². The number of benzene rings is 1. The number of phenols is 1. The topological polar surface area (TPSA) is 41.5 Å². The molecule has 120 valence electrons. The molecule has 0 aliphatic heterocycles. The van der Waals surface area contributed by atoms with Crippen molar-refractivity contribution in [3.05, 3.63) is 29.8 Å². The van der Waals surface area contributed by atoms with Crippen molar-refractivity contribution in [2.75, 3.05) is 26.8 Å². The maximum absolute atomic E-state index is 9.43. The van der Waals surface area contributed by atoms with Gasteiger partial charge in [-0.1, -0.05) is 38.8 Å². The Kier molecular flexibility index (Phi) is 8.40. The van der Waals surface area contributed by atoms with Crippen LogP contribution in [0.3, 0.4) is 0 Å². The van der Waals surface area contributed by atoms with Gasteiger partial charge in [0, 0.05) is 20.2 Å². The summed E-state index contributed by atoms with van der Waals surface area (Å²) >= 11 is 0. The van der Waals surface area contributed by atoms with Crippen LogP contribution in [0.5, 0.6) is 5.75 Å². The monoisotopic (exact) mass is 293 g/mol. The van der Waals surface area contributed by atoms with Crippen LogP contribution in [-0.2, 0) is 11.2 Å². The first-order valence-electron chi connectivity index (χ1n) is 8.13. The molecule has 0 bridgehead atoms. The highest BCUT2D eigenvalue weighted by atomic mass is 16.5. The van der Waals surface area contributed by atoms with Crippen LogP contribution in [0.2, 0.25) is 0 Å². The fraction of sp³-hybridized carbons (Fsp3) is 0.667. The van der Waals surface area contributed by atoms with Gasteiger partial charge < -0.3 is 15.2 Å². The van der Waals surface area contributed by atoms with Gasteiger partial charge in [0.05, 0.1) is 6.61 Å². The van der Waals surface area contributed by atoms with Crippen LogP contribution in [0.25, 0.3) is 0 Å².